The maximum Gasteiger partial charge on any atom is 0.268 e. The van der Waals surface area contributed by atoms with E-state index in [9.17, 15) is 21.6 Å². The molecule has 3 aliphatic rings. The number of carbonyl (C=O) groups is 1. The maximum atomic E-state index is 13.7. The van der Waals surface area contributed by atoms with Crippen molar-refractivity contribution in [1.29, 1.82) is 0 Å². The van der Waals surface area contributed by atoms with Crippen molar-refractivity contribution in [3.63, 3.8) is 0 Å². The number of thiophene rings is 1. The molecule has 2 aromatic rings. The summed E-state index contributed by atoms with van der Waals surface area (Å²) >= 11 is 1.04. The summed E-state index contributed by atoms with van der Waals surface area (Å²) in [5, 5.41) is 0. The molecule has 190 valence electrons. The lowest BCUT2D eigenvalue weighted by molar-refractivity contribution is 0.0986. The molecule has 1 spiro atoms. The molecule has 3 heterocycles. The van der Waals surface area contributed by atoms with Gasteiger partial charge in [-0.1, -0.05) is 25.7 Å². The number of sulfonamides is 2. The lowest BCUT2D eigenvalue weighted by Crippen LogP contribution is -2.38. The quantitative estimate of drug-likeness (QED) is 0.617. The highest BCUT2D eigenvalue weighted by atomic mass is 32.2. The van der Waals surface area contributed by atoms with Crippen molar-refractivity contribution in [2.24, 2.45) is 0 Å². The number of piperidine rings is 1. The third-order valence-electron chi connectivity index (χ3n) is 7.38. The van der Waals surface area contributed by atoms with Gasteiger partial charge >= 0.3 is 0 Å². The number of carbonyl (C=O) groups excluding carboxylic acids is 1. The average molecular weight is 538 g/mol. The Kier molecular flexibility index (Phi) is 6.48. The molecule has 1 N–H and O–H groups in total. The predicted octanol–water partition coefficient (Wildman–Crippen LogP) is 4.16. The summed E-state index contributed by atoms with van der Waals surface area (Å²) in [6.07, 6.45) is 9.02. The minimum absolute atomic E-state index is 0.206. The molecule has 1 saturated carbocycles. The first kappa shape index (κ1) is 24.7. The van der Waals surface area contributed by atoms with Gasteiger partial charge in [-0.05, 0) is 61.6 Å². The van der Waals surface area contributed by atoms with E-state index >= 15 is 0 Å². The number of nitrogens with one attached hydrogen (secondary N) is 1. The summed E-state index contributed by atoms with van der Waals surface area (Å²) in [7, 11) is -7.01. The molecule has 0 unspecified atom stereocenters. The fourth-order valence-electron chi connectivity index (χ4n) is 5.72. The smallest absolute Gasteiger partial charge is 0.268 e. The first-order valence-electron chi connectivity index (χ1n) is 12.1. The highest BCUT2D eigenvalue weighted by molar-refractivity contribution is 7.92. The number of anilines is 2. The van der Waals surface area contributed by atoms with Crippen LogP contribution >= 0.6 is 11.3 Å². The Balaban J connectivity index is 1.46. The minimum Gasteiger partial charge on any atom is -0.306 e. The van der Waals surface area contributed by atoms with Crippen LogP contribution in [0.5, 0.6) is 0 Å². The second-order valence-electron chi connectivity index (χ2n) is 9.92. The topological polar surface area (TPSA) is 104 Å². The molecule has 2 aliphatic heterocycles. The molecular weight excluding hydrogens is 506 g/mol. The highest BCUT2D eigenvalue weighted by Crippen LogP contribution is 2.50. The molecule has 1 aromatic carbocycles. The number of benzene rings is 1. The zero-order valence-electron chi connectivity index (χ0n) is 19.8. The standard InChI is InChI=1S/C24H31N3O5S3/c1-34(29,30)25-18-8-9-20-19(16-18)24(12-4-2-5-13-24)17-27(20)23(28)21-10-11-22(33-21)35(31,32)26-14-6-3-7-15-26/h8-11,16,25H,2-7,12-15,17H2,1H3. The van der Waals surface area contributed by atoms with Crippen LogP contribution in [0.3, 0.4) is 0 Å². The van der Waals surface area contributed by atoms with E-state index in [2.05, 4.69) is 4.72 Å². The summed E-state index contributed by atoms with van der Waals surface area (Å²) in [6.45, 7) is 1.57. The van der Waals surface area contributed by atoms with Crippen molar-refractivity contribution in [3.8, 4) is 0 Å². The van der Waals surface area contributed by atoms with Crippen LogP contribution in [-0.4, -0.2) is 52.9 Å². The lowest BCUT2D eigenvalue weighted by Gasteiger charge is -2.34. The van der Waals surface area contributed by atoms with Crippen LogP contribution in [0.1, 0.15) is 66.6 Å². The van der Waals surface area contributed by atoms with Gasteiger partial charge < -0.3 is 4.90 Å². The van der Waals surface area contributed by atoms with Crippen molar-refractivity contribution in [3.05, 3.63) is 40.8 Å². The van der Waals surface area contributed by atoms with Gasteiger partial charge in [-0.2, -0.15) is 4.31 Å². The first-order valence-corrected chi connectivity index (χ1v) is 16.3. The first-order chi connectivity index (χ1) is 16.6. The molecule has 0 bridgehead atoms. The van der Waals surface area contributed by atoms with Gasteiger partial charge in [-0.25, -0.2) is 16.8 Å². The molecule has 35 heavy (non-hydrogen) atoms. The van der Waals surface area contributed by atoms with Gasteiger partial charge in [0, 0.05) is 36.4 Å². The van der Waals surface area contributed by atoms with E-state index < -0.39 is 20.0 Å². The Hall–Kier alpha value is -1.95. The minimum atomic E-state index is -3.59. The van der Waals surface area contributed by atoms with Gasteiger partial charge in [0.15, 0.2) is 0 Å². The Labute approximate surface area is 211 Å². The molecule has 1 aliphatic carbocycles. The van der Waals surface area contributed by atoms with Gasteiger partial charge in [0.2, 0.25) is 10.0 Å². The second kappa shape index (κ2) is 9.17. The van der Waals surface area contributed by atoms with Gasteiger partial charge in [0.1, 0.15) is 4.21 Å². The van der Waals surface area contributed by atoms with E-state index in [1.54, 1.807) is 23.1 Å². The summed E-state index contributed by atoms with van der Waals surface area (Å²) in [5.74, 6) is -0.206. The van der Waals surface area contributed by atoms with E-state index in [1.807, 2.05) is 12.1 Å². The second-order valence-corrected chi connectivity index (χ2v) is 14.9. The number of rotatable bonds is 5. The number of amides is 1. The van der Waals surface area contributed by atoms with E-state index in [0.717, 1.165) is 80.2 Å². The fraction of sp³-hybridized carbons (Fsp3) is 0.542. The van der Waals surface area contributed by atoms with Gasteiger partial charge in [-0.15, -0.1) is 11.3 Å². The largest absolute Gasteiger partial charge is 0.306 e. The zero-order chi connectivity index (χ0) is 24.8. The van der Waals surface area contributed by atoms with Gasteiger partial charge in [0.05, 0.1) is 11.1 Å². The molecule has 0 atom stereocenters. The normalized spacial score (nSPS) is 20.7. The van der Waals surface area contributed by atoms with Gasteiger partial charge in [0.25, 0.3) is 15.9 Å². The SMILES string of the molecule is CS(=O)(=O)Nc1ccc2c(c1)C1(CCCCC1)CN2C(=O)c1ccc(S(=O)(=O)N2CCCCC2)s1. The molecule has 2 fully saturated rings. The van der Waals surface area contributed by atoms with E-state index in [1.165, 1.54) is 4.31 Å². The highest BCUT2D eigenvalue weighted by Gasteiger charge is 2.45. The summed E-state index contributed by atoms with van der Waals surface area (Å²) in [6, 6.07) is 8.53. The number of fused-ring (bicyclic) bond motifs is 2. The third kappa shape index (κ3) is 4.75. The van der Waals surface area contributed by atoms with E-state index in [4.69, 9.17) is 0 Å². The summed E-state index contributed by atoms with van der Waals surface area (Å²) < 4.78 is 54.1. The Morgan fingerprint density at radius 3 is 2.31 bits per heavy atom. The number of hydrogen-bond acceptors (Lipinski definition) is 6. The van der Waals surface area contributed by atoms with E-state index in [-0.39, 0.29) is 15.5 Å². The summed E-state index contributed by atoms with van der Waals surface area (Å²) in [4.78, 5) is 15.8. The Morgan fingerprint density at radius 1 is 0.943 bits per heavy atom. The van der Waals surface area contributed by atoms with Crippen LogP contribution < -0.4 is 9.62 Å². The number of hydrogen-bond donors (Lipinski definition) is 1. The van der Waals surface area contributed by atoms with Crippen molar-refractivity contribution < 1.29 is 21.6 Å². The number of nitrogens with zero attached hydrogens (tertiary/aromatic N) is 2. The van der Waals surface area contributed by atoms with Crippen LogP contribution in [0.25, 0.3) is 0 Å². The molecule has 5 rings (SSSR count). The van der Waals surface area contributed by atoms with Crippen molar-refractivity contribution in [1.82, 2.24) is 4.31 Å². The van der Waals surface area contributed by atoms with Crippen LogP contribution in [0.15, 0.2) is 34.5 Å². The summed E-state index contributed by atoms with van der Waals surface area (Å²) in [5.41, 5.74) is 2.07. The van der Waals surface area contributed by atoms with Crippen LogP contribution in [0.2, 0.25) is 0 Å². The molecule has 8 nitrogen and oxygen atoms in total. The monoisotopic (exact) mass is 537 g/mol. The average Bonchev–Trinajstić information content (AvgIpc) is 3.44. The third-order valence-corrected chi connectivity index (χ3v) is 11.4. The molecule has 11 heteroatoms. The Morgan fingerprint density at radius 2 is 1.63 bits per heavy atom. The molecule has 1 saturated heterocycles. The van der Waals surface area contributed by atoms with Gasteiger partial charge in [-0.3, -0.25) is 9.52 Å². The van der Waals surface area contributed by atoms with Crippen molar-refractivity contribution >= 4 is 48.7 Å². The van der Waals surface area contributed by atoms with Crippen LogP contribution in [-0.2, 0) is 25.5 Å². The molecule has 1 amide bonds. The predicted molar refractivity (Wildman–Crippen MR) is 138 cm³/mol. The molecule has 0 radical (unpaired) electrons. The lowest BCUT2D eigenvalue weighted by atomic mass is 9.70. The Bertz CT molecular complexity index is 1340. The van der Waals surface area contributed by atoms with E-state index in [0.29, 0.717) is 30.2 Å². The van der Waals surface area contributed by atoms with Crippen molar-refractivity contribution in [2.75, 3.05) is 35.5 Å². The molecular formula is C24H31N3O5S3. The van der Waals surface area contributed by atoms with Crippen LogP contribution in [0.4, 0.5) is 11.4 Å². The van der Waals surface area contributed by atoms with Crippen LogP contribution in [0, 0.1) is 0 Å². The zero-order valence-corrected chi connectivity index (χ0v) is 22.3. The van der Waals surface area contributed by atoms with Crippen molar-refractivity contribution in [2.45, 2.75) is 61.0 Å². The fourth-order valence-corrected chi connectivity index (χ4v) is 9.20. The molecule has 1 aromatic heterocycles. The maximum absolute atomic E-state index is 13.7.